The van der Waals surface area contributed by atoms with Gasteiger partial charge in [0.25, 0.3) is 0 Å². The smallest absolute Gasteiger partial charge is 0.0490 e. The van der Waals surface area contributed by atoms with Crippen molar-refractivity contribution in [2.24, 2.45) is 5.41 Å². The average molecular weight is 211 g/mol. The first-order chi connectivity index (χ1) is 6.74. The molecule has 0 atom stereocenters. The molecule has 0 bridgehead atoms. The summed E-state index contributed by atoms with van der Waals surface area (Å²) in [6, 6.07) is 7.94. The molecule has 0 aromatic heterocycles. The molecule has 0 unspecified atom stereocenters. The summed E-state index contributed by atoms with van der Waals surface area (Å²) in [6.07, 6.45) is 4.51. The number of aliphatic hydroxyl groups is 1. The van der Waals surface area contributed by atoms with Gasteiger partial charge in [-0.1, -0.05) is 30.2 Å². The second-order valence-electron chi connectivity index (χ2n) is 4.32. The van der Waals surface area contributed by atoms with Crippen LogP contribution in [0.3, 0.4) is 0 Å². The summed E-state index contributed by atoms with van der Waals surface area (Å²) >= 11 is 5.92. The van der Waals surface area contributed by atoms with E-state index in [9.17, 15) is 5.11 Å². The summed E-state index contributed by atoms with van der Waals surface area (Å²) in [4.78, 5) is 0. The fraction of sp³-hybridized carbons (Fsp3) is 0.500. The normalized spacial score (nSPS) is 19.0. The van der Waals surface area contributed by atoms with Crippen LogP contribution >= 0.6 is 11.6 Å². The molecule has 1 aliphatic rings. The summed E-state index contributed by atoms with van der Waals surface area (Å²) in [5.41, 5.74) is 1.40. The minimum Gasteiger partial charge on any atom is -0.396 e. The van der Waals surface area contributed by atoms with Gasteiger partial charge in [0.05, 0.1) is 0 Å². The molecule has 1 aliphatic carbocycles. The molecule has 0 amide bonds. The second kappa shape index (κ2) is 3.92. The molecule has 1 N–H and O–H groups in total. The third-order valence-corrected chi connectivity index (χ3v) is 3.45. The molecule has 76 valence electrons. The minimum absolute atomic E-state index is 0.157. The Kier molecular flexibility index (Phi) is 2.80. The Bertz CT molecular complexity index is 312. The molecule has 1 fully saturated rings. The lowest BCUT2D eigenvalue weighted by Gasteiger charge is -2.40. The second-order valence-corrected chi connectivity index (χ2v) is 4.75. The van der Waals surface area contributed by atoms with E-state index in [1.165, 1.54) is 12.0 Å². The molecule has 0 heterocycles. The van der Waals surface area contributed by atoms with Crippen LogP contribution in [0.15, 0.2) is 24.3 Å². The Morgan fingerprint density at radius 1 is 1.36 bits per heavy atom. The molecule has 0 spiro atoms. The molecule has 2 rings (SSSR count). The lowest BCUT2D eigenvalue weighted by Crippen LogP contribution is -2.35. The van der Waals surface area contributed by atoms with Gasteiger partial charge in [-0.15, -0.1) is 0 Å². The van der Waals surface area contributed by atoms with E-state index in [2.05, 4.69) is 6.07 Å². The van der Waals surface area contributed by atoms with Gasteiger partial charge in [0.1, 0.15) is 0 Å². The standard InChI is InChI=1S/C12H15ClO/c13-11-4-1-3-10(7-11)8-12(9-14)5-2-6-12/h1,3-4,7,14H,2,5-6,8-9H2. The maximum atomic E-state index is 9.33. The lowest BCUT2D eigenvalue weighted by atomic mass is 9.66. The number of halogens is 1. The van der Waals surface area contributed by atoms with Gasteiger partial charge in [-0.25, -0.2) is 0 Å². The van der Waals surface area contributed by atoms with Gasteiger partial charge in [0.15, 0.2) is 0 Å². The minimum atomic E-state index is 0.157. The molecule has 0 radical (unpaired) electrons. The van der Waals surface area contributed by atoms with Crippen molar-refractivity contribution in [2.75, 3.05) is 6.61 Å². The highest BCUT2D eigenvalue weighted by Crippen LogP contribution is 2.43. The Morgan fingerprint density at radius 2 is 2.14 bits per heavy atom. The quantitative estimate of drug-likeness (QED) is 0.813. The third kappa shape index (κ3) is 1.94. The van der Waals surface area contributed by atoms with Crippen molar-refractivity contribution < 1.29 is 5.11 Å². The predicted molar refractivity (Wildman–Crippen MR) is 58.5 cm³/mol. The van der Waals surface area contributed by atoms with Gasteiger partial charge in [0, 0.05) is 11.6 Å². The summed E-state index contributed by atoms with van der Waals surface area (Å²) in [7, 11) is 0. The van der Waals surface area contributed by atoms with Crippen LogP contribution in [0.2, 0.25) is 5.02 Å². The van der Waals surface area contributed by atoms with Crippen LogP contribution in [0.1, 0.15) is 24.8 Å². The highest BCUT2D eigenvalue weighted by atomic mass is 35.5. The molecule has 14 heavy (non-hydrogen) atoms. The SMILES string of the molecule is OCC1(Cc2cccc(Cl)c2)CCC1. The molecule has 1 nitrogen and oxygen atoms in total. The van der Waals surface area contributed by atoms with Crippen molar-refractivity contribution in [3.8, 4) is 0 Å². The first-order valence-electron chi connectivity index (χ1n) is 5.09. The van der Waals surface area contributed by atoms with E-state index in [0.717, 1.165) is 24.3 Å². The number of aliphatic hydroxyl groups excluding tert-OH is 1. The highest BCUT2D eigenvalue weighted by molar-refractivity contribution is 6.30. The number of rotatable bonds is 3. The van der Waals surface area contributed by atoms with Crippen molar-refractivity contribution in [1.82, 2.24) is 0 Å². The van der Waals surface area contributed by atoms with E-state index >= 15 is 0 Å². The first kappa shape index (κ1) is 10.0. The molecule has 1 aromatic rings. The van der Waals surface area contributed by atoms with Crippen LogP contribution in [-0.4, -0.2) is 11.7 Å². The molecule has 2 heteroatoms. The fourth-order valence-electron chi connectivity index (χ4n) is 2.15. The number of hydrogen-bond acceptors (Lipinski definition) is 1. The fourth-order valence-corrected chi connectivity index (χ4v) is 2.36. The van der Waals surface area contributed by atoms with Gasteiger partial charge in [-0.05, 0) is 42.4 Å². The molecule has 1 saturated carbocycles. The number of benzene rings is 1. The van der Waals surface area contributed by atoms with Crippen LogP contribution < -0.4 is 0 Å². The van der Waals surface area contributed by atoms with Gasteiger partial charge >= 0.3 is 0 Å². The van der Waals surface area contributed by atoms with E-state index in [4.69, 9.17) is 11.6 Å². The van der Waals surface area contributed by atoms with Crippen LogP contribution in [0.5, 0.6) is 0 Å². The predicted octanol–water partition coefficient (Wildman–Crippen LogP) is 3.05. The van der Waals surface area contributed by atoms with Gasteiger partial charge in [-0.2, -0.15) is 0 Å². The Labute approximate surface area is 89.7 Å². The first-order valence-corrected chi connectivity index (χ1v) is 5.47. The average Bonchev–Trinajstić information content (AvgIpc) is 2.11. The maximum absolute atomic E-state index is 9.33. The number of hydrogen-bond donors (Lipinski definition) is 1. The molecular weight excluding hydrogens is 196 g/mol. The van der Waals surface area contributed by atoms with Crippen molar-refractivity contribution in [1.29, 1.82) is 0 Å². The van der Waals surface area contributed by atoms with E-state index in [1.807, 2.05) is 18.2 Å². The summed E-state index contributed by atoms with van der Waals surface area (Å²) < 4.78 is 0. The van der Waals surface area contributed by atoms with E-state index in [-0.39, 0.29) is 5.41 Å². The largest absolute Gasteiger partial charge is 0.396 e. The van der Waals surface area contributed by atoms with Crippen LogP contribution in [0, 0.1) is 5.41 Å². The Morgan fingerprint density at radius 3 is 2.64 bits per heavy atom. The highest BCUT2D eigenvalue weighted by Gasteiger charge is 2.36. The lowest BCUT2D eigenvalue weighted by molar-refractivity contribution is 0.0450. The Balaban J connectivity index is 2.09. The summed E-state index contributed by atoms with van der Waals surface area (Å²) in [6.45, 7) is 0.305. The zero-order chi connectivity index (χ0) is 10.0. The van der Waals surface area contributed by atoms with Crippen molar-refractivity contribution >= 4 is 11.6 Å². The van der Waals surface area contributed by atoms with Crippen LogP contribution in [-0.2, 0) is 6.42 Å². The zero-order valence-corrected chi connectivity index (χ0v) is 8.93. The van der Waals surface area contributed by atoms with Gasteiger partial charge < -0.3 is 5.11 Å². The zero-order valence-electron chi connectivity index (χ0n) is 8.17. The summed E-state index contributed by atoms with van der Waals surface area (Å²) in [5.74, 6) is 0. The van der Waals surface area contributed by atoms with Gasteiger partial charge in [0.2, 0.25) is 0 Å². The maximum Gasteiger partial charge on any atom is 0.0490 e. The Hall–Kier alpha value is -0.530. The summed E-state index contributed by atoms with van der Waals surface area (Å²) in [5, 5.41) is 10.1. The van der Waals surface area contributed by atoms with Crippen molar-refractivity contribution in [3.05, 3.63) is 34.9 Å². The third-order valence-electron chi connectivity index (χ3n) is 3.22. The monoisotopic (exact) mass is 210 g/mol. The van der Waals surface area contributed by atoms with Gasteiger partial charge in [-0.3, -0.25) is 0 Å². The molecule has 0 saturated heterocycles. The molecule has 0 aliphatic heterocycles. The molecule has 1 aromatic carbocycles. The van der Waals surface area contributed by atoms with E-state index in [1.54, 1.807) is 0 Å². The van der Waals surface area contributed by atoms with Crippen LogP contribution in [0.25, 0.3) is 0 Å². The van der Waals surface area contributed by atoms with Crippen LogP contribution in [0.4, 0.5) is 0 Å². The van der Waals surface area contributed by atoms with E-state index in [0.29, 0.717) is 6.61 Å². The van der Waals surface area contributed by atoms with Crippen molar-refractivity contribution in [2.45, 2.75) is 25.7 Å². The van der Waals surface area contributed by atoms with Crippen molar-refractivity contribution in [3.63, 3.8) is 0 Å². The van der Waals surface area contributed by atoms with E-state index < -0.39 is 0 Å². The topological polar surface area (TPSA) is 20.2 Å². The molecular formula is C12H15ClO.